The Hall–Kier alpha value is -3.52. The highest BCUT2D eigenvalue weighted by Crippen LogP contribution is 2.54. The van der Waals surface area contributed by atoms with Crippen LogP contribution in [0.15, 0.2) is 42.5 Å². The Labute approximate surface area is 185 Å². The van der Waals surface area contributed by atoms with E-state index in [4.69, 9.17) is 5.73 Å². The number of fused-ring (bicyclic) bond motifs is 4. The Bertz CT molecular complexity index is 1180. The molecule has 4 amide bonds. The molecule has 8 heteroatoms. The van der Waals surface area contributed by atoms with Gasteiger partial charge in [0.05, 0.1) is 18.4 Å². The summed E-state index contributed by atoms with van der Waals surface area (Å²) >= 11 is 0. The second-order valence-corrected chi connectivity index (χ2v) is 8.87. The molecule has 0 unspecified atom stereocenters. The minimum atomic E-state index is -1.42. The van der Waals surface area contributed by atoms with E-state index in [9.17, 15) is 19.2 Å². The van der Waals surface area contributed by atoms with Gasteiger partial charge < -0.3 is 11.1 Å². The van der Waals surface area contributed by atoms with Crippen LogP contribution in [-0.2, 0) is 31.3 Å². The molecule has 0 radical (unpaired) electrons. The van der Waals surface area contributed by atoms with Gasteiger partial charge in [-0.15, -0.1) is 0 Å². The number of anilines is 1. The van der Waals surface area contributed by atoms with Crippen molar-refractivity contribution in [2.75, 3.05) is 5.32 Å². The van der Waals surface area contributed by atoms with Crippen molar-refractivity contribution in [2.24, 2.45) is 17.6 Å². The summed E-state index contributed by atoms with van der Waals surface area (Å²) in [4.78, 5) is 53.6. The van der Waals surface area contributed by atoms with Crippen LogP contribution in [0.3, 0.4) is 0 Å². The van der Waals surface area contributed by atoms with E-state index < -0.39 is 35.2 Å². The largest absolute Gasteiger partial charge is 0.370 e. The molecule has 0 aromatic heterocycles. The number of benzene rings is 2. The second kappa shape index (κ2) is 7.00. The second-order valence-electron chi connectivity index (χ2n) is 8.87. The van der Waals surface area contributed by atoms with Gasteiger partial charge in [-0.1, -0.05) is 42.5 Å². The summed E-state index contributed by atoms with van der Waals surface area (Å²) in [6.45, 7) is 3.97. The third kappa shape index (κ3) is 2.65. The number of hydrogen-bond acceptors (Lipinski definition) is 5. The third-order valence-corrected chi connectivity index (χ3v) is 7.12. The van der Waals surface area contributed by atoms with Crippen LogP contribution in [0, 0.1) is 25.7 Å². The maximum Gasteiger partial charge on any atom is 0.250 e. The first-order valence-electron chi connectivity index (χ1n) is 10.6. The van der Waals surface area contributed by atoms with E-state index in [2.05, 4.69) is 10.6 Å². The van der Waals surface area contributed by atoms with Crippen LogP contribution >= 0.6 is 0 Å². The average molecular weight is 432 g/mol. The van der Waals surface area contributed by atoms with Crippen LogP contribution < -0.4 is 16.4 Å². The molecule has 32 heavy (non-hydrogen) atoms. The standard InChI is InChI=1S/C24H24N4O4/c1-12-8-9-15-20(13(12)2)26-23(32)24(15)19-18(16(27-24)10-17(25)29)21(30)28(22(19)31)11-14-6-4-3-5-7-14/h3-9,16,18-19,27H,10-11H2,1-2H3,(H2,25,29)(H,26,32)/t16-,18-,19+,24+/m1/s1. The van der Waals surface area contributed by atoms with Crippen LogP contribution in [0.4, 0.5) is 5.69 Å². The van der Waals surface area contributed by atoms with Crippen molar-refractivity contribution in [3.8, 4) is 0 Å². The zero-order valence-corrected chi connectivity index (χ0v) is 17.8. The van der Waals surface area contributed by atoms with Crippen molar-refractivity contribution in [3.05, 3.63) is 64.7 Å². The fourth-order valence-electron chi connectivity index (χ4n) is 5.49. The van der Waals surface area contributed by atoms with E-state index >= 15 is 0 Å². The van der Waals surface area contributed by atoms with E-state index in [1.807, 2.05) is 56.3 Å². The van der Waals surface area contributed by atoms with E-state index in [0.717, 1.165) is 16.7 Å². The van der Waals surface area contributed by atoms with Crippen molar-refractivity contribution in [2.45, 2.75) is 38.4 Å². The molecular weight excluding hydrogens is 408 g/mol. The molecule has 8 nitrogen and oxygen atoms in total. The summed E-state index contributed by atoms with van der Waals surface area (Å²) in [7, 11) is 0. The molecule has 3 heterocycles. The highest BCUT2D eigenvalue weighted by Gasteiger charge is 2.70. The summed E-state index contributed by atoms with van der Waals surface area (Å²) in [6.07, 6.45) is -0.144. The first kappa shape index (κ1) is 20.4. The summed E-state index contributed by atoms with van der Waals surface area (Å²) in [5.74, 6) is -3.58. The Morgan fingerprint density at radius 3 is 2.47 bits per heavy atom. The van der Waals surface area contributed by atoms with Crippen molar-refractivity contribution < 1.29 is 19.2 Å². The van der Waals surface area contributed by atoms with Gasteiger partial charge in [-0.2, -0.15) is 0 Å². The number of carbonyl (C=O) groups is 4. The molecule has 3 aliphatic heterocycles. The van der Waals surface area contributed by atoms with Gasteiger partial charge in [0.2, 0.25) is 23.6 Å². The lowest BCUT2D eigenvalue weighted by Gasteiger charge is -2.29. The van der Waals surface area contributed by atoms with Gasteiger partial charge in [0.15, 0.2) is 0 Å². The Morgan fingerprint density at radius 2 is 1.78 bits per heavy atom. The zero-order chi connectivity index (χ0) is 22.8. The summed E-state index contributed by atoms with van der Waals surface area (Å²) in [6, 6.07) is 12.2. The van der Waals surface area contributed by atoms with E-state index in [1.54, 1.807) is 0 Å². The van der Waals surface area contributed by atoms with E-state index in [1.165, 1.54) is 4.90 Å². The van der Waals surface area contributed by atoms with E-state index in [0.29, 0.717) is 11.3 Å². The number of aryl methyl sites for hydroxylation is 1. The summed E-state index contributed by atoms with van der Waals surface area (Å²) in [5.41, 5.74) is 8.05. The molecule has 2 fully saturated rings. The normalized spacial score (nSPS) is 28.2. The number of rotatable bonds is 4. The number of hydrogen-bond donors (Lipinski definition) is 3. The molecule has 1 spiro atoms. The quantitative estimate of drug-likeness (QED) is 0.625. The highest BCUT2D eigenvalue weighted by molar-refractivity contribution is 6.15. The van der Waals surface area contributed by atoms with Crippen LogP contribution in [0.25, 0.3) is 0 Å². The molecule has 3 aliphatic rings. The van der Waals surface area contributed by atoms with Crippen LogP contribution in [0.2, 0.25) is 0 Å². The molecule has 164 valence electrons. The predicted molar refractivity (Wildman–Crippen MR) is 116 cm³/mol. The number of nitrogens with zero attached hydrogens (tertiary/aromatic N) is 1. The van der Waals surface area contributed by atoms with Crippen molar-refractivity contribution in [1.82, 2.24) is 10.2 Å². The van der Waals surface area contributed by atoms with Gasteiger partial charge in [-0.3, -0.25) is 29.4 Å². The lowest BCUT2D eigenvalue weighted by molar-refractivity contribution is -0.143. The van der Waals surface area contributed by atoms with Crippen LogP contribution in [0.5, 0.6) is 0 Å². The van der Waals surface area contributed by atoms with E-state index in [-0.39, 0.29) is 24.8 Å². The monoisotopic (exact) mass is 432 g/mol. The molecule has 0 saturated carbocycles. The van der Waals surface area contributed by atoms with Gasteiger partial charge >= 0.3 is 0 Å². The molecule has 5 rings (SSSR count). The fraction of sp³-hybridized carbons (Fsp3) is 0.333. The molecule has 0 bridgehead atoms. The molecule has 2 aromatic rings. The smallest absolute Gasteiger partial charge is 0.250 e. The van der Waals surface area contributed by atoms with Gasteiger partial charge in [-0.05, 0) is 30.5 Å². The molecule has 2 saturated heterocycles. The number of amides is 4. The number of primary amides is 1. The molecular formula is C24H24N4O4. The minimum Gasteiger partial charge on any atom is -0.370 e. The summed E-state index contributed by atoms with van der Waals surface area (Å²) < 4.78 is 0. The van der Waals surface area contributed by atoms with Crippen LogP contribution in [0.1, 0.15) is 28.7 Å². The number of nitrogens with one attached hydrogen (secondary N) is 2. The molecule has 4 atom stereocenters. The van der Waals surface area contributed by atoms with Crippen molar-refractivity contribution in [1.29, 1.82) is 0 Å². The number of imide groups is 1. The van der Waals surface area contributed by atoms with Crippen molar-refractivity contribution in [3.63, 3.8) is 0 Å². The van der Waals surface area contributed by atoms with Gasteiger partial charge in [0.25, 0.3) is 0 Å². The topological polar surface area (TPSA) is 122 Å². The third-order valence-electron chi connectivity index (χ3n) is 7.12. The maximum atomic E-state index is 13.7. The lowest BCUT2D eigenvalue weighted by atomic mass is 9.76. The summed E-state index contributed by atoms with van der Waals surface area (Å²) in [5, 5.41) is 6.14. The Morgan fingerprint density at radius 1 is 1.06 bits per heavy atom. The first-order valence-corrected chi connectivity index (χ1v) is 10.6. The molecule has 0 aliphatic carbocycles. The molecule has 2 aromatic carbocycles. The number of nitrogens with two attached hydrogens (primary N) is 1. The van der Waals surface area contributed by atoms with Gasteiger partial charge in [0.1, 0.15) is 5.54 Å². The average Bonchev–Trinajstić information content (AvgIpc) is 3.32. The SMILES string of the molecule is Cc1ccc2c(c1C)NC(=O)[C@]21N[C@H](CC(N)=O)[C@H]2C(=O)N(Cc3ccccc3)C(=O)[C@H]21. The van der Waals surface area contributed by atoms with Gasteiger partial charge in [-0.25, -0.2) is 0 Å². The minimum absolute atomic E-state index is 0.117. The lowest BCUT2D eigenvalue weighted by Crippen LogP contribution is -2.53. The maximum absolute atomic E-state index is 13.7. The number of carbonyl (C=O) groups excluding carboxylic acids is 4. The molecule has 4 N–H and O–H groups in total. The highest BCUT2D eigenvalue weighted by atomic mass is 16.2. The predicted octanol–water partition coefficient (Wildman–Crippen LogP) is 1.10. The fourth-order valence-corrected chi connectivity index (χ4v) is 5.49. The Kier molecular flexibility index (Phi) is 4.46. The first-order chi connectivity index (χ1) is 15.3. The Balaban J connectivity index is 1.63. The zero-order valence-electron chi connectivity index (χ0n) is 17.8. The van der Waals surface area contributed by atoms with Gasteiger partial charge in [0, 0.05) is 23.7 Å². The van der Waals surface area contributed by atoms with Crippen LogP contribution in [-0.4, -0.2) is 34.6 Å². The van der Waals surface area contributed by atoms with Crippen molar-refractivity contribution >= 4 is 29.3 Å². The number of likely N-dealkylation sites (tertiary alicyclic amines) is 1.